The van der Waals surface area contributed by atoms with Crippen LogP contribution in [0.3, 0.4) is 0 Å². The Balaban J connectivity index is 3.25. The van der Waals surface area contributed by atoms with E-state index in [-0.39, 0.29) is 0 Å². The Morgan fingerprint density at radius 2 is 2.33 bits per heavy atom. The monoisotopic (exact) mass is 130 g/mol. The van der Waals surface area contributed by atoms with Gasteiger partial charge >= 0.3 is 0 Å². The summed E-state index contributed by atoms with van der Waals surface area (Å²) in [5.41, 5.74) is 5.44. The number of rotatable bonds is 4. The van der Waals surface area contributed by atoms with Gasteiger partial charge in [0.15, 0.2) is 0 Å². The molecule has 0 saturated heterocycles. The molecule has 0 aromatic carbocycles. The highest BCUT2D eigenvalue weighted by atomic mass is 16.5. The topological polar surface area (TPSA) is 47.6 Å². The maximum absolute atomic E-state index is 5.44. The van der Waals surface area contributed by atoms with Crippen LogP contribution in [0, 0.1) is 0 Å². The molecule has 0 aromatic heterocycles. The molecule has 0 amide bonds. The van der Waals surface area contributed by atoms with Crippen molar-refractivity contribution in [3.05, 3.63) is 0 Å². The predicted octanol–water partition coefficient (Wildman–Crippen LogP) is 0.400. The molecule has 0 unspecified atom stereocenters. The lowest BCUT2D eigenvalue weighted by atomic mass is 10.4. The summed E-state index contributed by atoms with van der Waals surface area (Å²) in [5, 5.41) is 0. The summed E-state index contributed by atoms with van der Waals surface area (Å²) in [5.74, 6) is 0.680. The molecule has 0 bridgehead atoms. The van der Waals surface area contributed by atoms with Crippen LogP contribution in [0.15, 0.2) is 4.99 Å². The van der Waals surface area contributed by atoms with Crippen molar-refractivity contribution in [1.82, 2.24) is 0 Å². The third kappa shape index (κ3) is 5.30. The minimum absolute atomic E-state index is 0.662. The zero-order chi connectivity index (χ0) is 7.11. The minimum atomic E-state index is 0.662. The molecule has 0 fully saturated rings. The summed E-state index contributed by atoms with van der Waals surface area (Å²) in [6.07, 6.45) is 0.740. The van der Waals surface area contributed by atoms with E-state index in [4.69, 9.17) is 10.5 Å². The molecule has 3 heteroatoms. The van der Waals surface area contributed by atoms with Gasteiger partial charge in [-0.05, 0) is 6.92 Å². The van der Waals surface area contributed by atoms with Crippen LogP contribution in [0.4, 0.5) is 0 Å². The standard InChI is InChI=1S/C6H14N2O/c1-3-8-6(7)4-5-9-2/h3-5H2,1-2H3,(H2,7,8). The van der Waals surface area contributed by atoms with Gasteiger partial charge in [-0.25, -0.2) is 0 Å². The summed E-state index contributed by atoms with van der Waals surface area (Å²) >= 11 is 0. The molecule has 0 atom stereocenters. The predicted molar refractivity (Wildman–Crippen MR) is 38.7 cm³/mol. The first-order chi connectivity index (χ1) is 4.31. The lowest BCUT2D eigenvalue weighted by Crippen LogP contribution is -2.14. The Morgan fingerprint density at radius 3 is 2.78 bits per heavy atom. The lowest BCUT2D eigenvalue weighted by molar-refractivity contribution is 0.207. The maximum atomic E-state index is 5.44. The molecule has 0 radical (unpaired) electrons. The van der Waals surface area contributed by atoms with Gasteiger partial charge in [-0.15, -0.1) is 0 Å². The molecule has 0 spiro atoms. The molecule has 9 heavy (non-hydrogen) atoms. The van der Waals surface area contributed by atoms with Gasteiger partial charge < -0.3 is 10.5 Å². The third-order valence-corrected chi connectivity index (χ3v) is 0.924. The molecule has 0 aliphatic carbocycles. The van der Waals surface area contributed by atoms with Crippen molar-refractivity contribution in [2.24, 2.45) is 10.7 Å². The molecule has 0 heterocycles. The summed E-state index contributed by atoms with van der Waals surface area (Å²) in [6, 6.07) is 0. The van der Waals surface area contributed by atoms with E-state index in [0.717, 1.165) is 13.0 Å². The van der Waals surface area contributed by atoms with Crippen molar-refractivity contribution in [3.8, 4) is 0 Å². The average molecular weight is 130 g/mol. The van der Waals surface area contributed by atoms with Crippen LogP contribution >= 0.6 is 0 Å². The van der Waals surface area contributed by atoms with Crippen molar-refractivity contribution < 1.29 is 4.74 Å². The van der Waals surface area contributed by atoms with Crippen LogP contribution in [0.25, 0.3) is 0 Å². The number of nitrogens with two attached hydrogens (primary N) is 1. The second kappa shape index (κ2) is 5.56. The summed E-state index contributed by atoms with van der Waals surface area (Å²) in [6.45, 7) is 3.38. The fraction of sp³-hybridized carbons (Fsp3) is 0.833. The van der Waals surface area contributed by atoms with Crippen LogP contribution in [-0.2, 0) is 4.74 Å². The van der Waals surface area contributed by atoms with Gasteiger partial charge in [-0.2, -0.15) is 0 Å². The first kappa shape index (κ1) is 8.43. The van der Waals surface area contributed by atoms with Gasteiger partial charge in [0.2, 0.25) is 0 Å². The summed E-state index contributed by atoms with van der Waals surface area (Å²) in [7, 11) is 1.65. The zero-order valence-electron chi connectivity index (χ0n) is 6.05. The first-order valence-corrected chi connectivity index (χ1v) is 3.09. The van der Waals surface area contributed by atoms with E-state index in [9.17, 15) is 0 Å². The molecule has 0 aliphatic heterocycles. The molecule has 0 saturated carbocycles. The van der Waals surface area contributed by atoms with E-state index in [2.05, 4.69) is 4.99 Å². The van der Waals surface area contributed by atoms with Crippen molar-refractivity contribution in [2.45, 2.75) is 13.3 Å². The Kier molecular flexibility index (Phi) is 5.21. The van der Waals surface area contributed by atoms with E-state index in [0.29, 0.717) is 12.4 Å². The molecular weight excluding hydrogens is 116 g/mol. The van der Waals surface area contributed by atoms with Crippen molar-refractivity contribution >= 4 is 5.84 Å². The quantitative estimate of drug-likeness (QED) is 0.442. The fourth-order valence-corrected chi connectivity index (χ4v) is 0.489. The smallest absolute Gasteiger partial charge is 0.0960 e. The lowest BCUT2D eigenvalue weighted by Gasteiger charge is -1.96. The Hall–Kier alpha value is -0.570. The van der Waals surface area contributed by atoms with Gasteiger partial charge in [0.05, 0.1) is 12.4 Å². The fourth-order valence-electron chi connectivity index (χ4n) is 0.489. The van der Waals surface area contributed by atoms with E-state index in [1.54, 1.807) is 7.11 Å². The zero-order valence-corrected chi connectivity index (χ0v) is 6.05. The Morgan fingerprint density at radius 1 is 1.67 bits per heavy atom. The molecule has 2 N–H and O–H groups in total. The van der Waals surface area contributed by atoms with Gasteiger partial charge in [-0.3, -0.25) is 4.99 Å². The summed E-state index contributed by atoms with van der Waals surface area (Å²) < 4.78 is 4.80. The van der Waals surface area contributed by atoms with Crippen molar-refractivity contribution in [1.29, 1.82) is 0 Å². The van der Waals surface area contributed by atoms with Crippen LogP contribution in [0.2, 0.25) is 0 Å². The Bertz CT molecular complexity index is 91.1. The SMILES string of the molecule is CCN=C(N)CCOC. The van der Waals surface area contributed by atoms with Crippen molar-refractivity contribution in [3.63, 3.8) is 0 Å². The highest BCUT2D eigenvalue weighted by Crippen LogP contribution is 1.80. The summed E-state index contributed by atoms with van der Waals surface area (Å²) in [4.78, 5) is 3.98. The number of nitrogens with zero attached hydrogens (tertiary/aromatic N) is 1. The third-order valence-electron chi connectivity index (χ3n) is 0.924. The molecule has 0 rings (SSSR count). The number of ether oxygens (including phenoxy) is 1. The van der Waals surface area contributed by atoms with E-state index in [1.807, 2.05) is 6.92 Å². The van der Waals surface area contributed by atoms with Gasteiger partial charge in [0.1, 0.15) is 0 Å². The van der Waals surface area contributed by atoms with Crippen LogP contribution in [-0.4, -0.2) is 26.1 Å². The number of methoxy groups -OCH3 is 1. The second-order valence-electron chi connectivity index (χ2n) is 1.71. The molecule has 54 valence electrons. The van der Waals surface area contributed by atoms with Gasteiger partial charge in [0.25, 0.3) is 0 Å². The number of aliphatic imine (C=N–C) groups is 1. The second-order valence-corrected chi connectivity index (χ2v) is 1.71. The highest BCUT2D eigenvalue weighted by molar-refractivity contribution is 5.80. The highest BCUT2D eigenvalue weighted by Gasteiger charge is 1.87. The van der Waals surface area contributed by atoms with Gasteiger partial charge in [0, 0.05) is 20.1 Å². The molecular formula is C6H14N2O. The largest absolute Gasteiger partial charge is 0.387 e. The number of amidine groups is 1. The van der Waals surface area contributed by atoms with Crippen LogP contribution in [0.5, 0.6) is 0 Å². The maximum Gasteiger partial charge on any atom is 0.0960 e. The number of hydrogen-bond donors (Lipinski definition) is 1. The minimum Gasteiger partial charge on any atom is -0.387 e. The van der Waals surface area contributed by atoms with E-state index < -0.39 is 0 Å². The Labute approximate surface area is 55.9 Å². The van der Waals surface area contributed by atoms with Crippen LogP contribution in [0.1, 0.15) is 13.3 Å². The van der Waals surface area contributed by atoms with Crippen molar-refractivity contribution in [2.75, 3.05) is 20.3 Å². The van der Waals surface area contributed by atoms with E-state index >= 15 is 0 Å². The molecule has 0 aromatic rings. The molecule has 3 nitrogen and oxygen atoms in total. The molecule has 0 aliphatic rings. The van der Waals surface area contributed by atoms with E-state index in [1.165, 1.54) is 0 Å². The van der Waals surface area contributed by atoms with Gasteiger partial charge in [-0.1, -0.05) is 0 Å². The normalized spacial score (nSPS) is 12.0. The number of hydrogen-bond acceptors (Lipinski definition) is 2. The van der Waals surface area contributed by atoms with Crippen LogP contribution < -0.4 is 5.73 Å². The average Bonchev–Trinajstić information content (AvgIpc) is 1.85. The first-order valence-electron chi connectivity index (χ1n) is 3.09.